The Bertz CT molecular complexity index is 928. The molecular formula is C22H26ClNOS. The number of pyridine rings is 1. The fourth-order valence-corrected chi connectivity index (χ4v) is 6.17. The van der Waals surface area contributed by atoms with Gasteiger partial charge in [0.05, 0.1) is 6.26 Å². The van der Waals surface area contributed by atoms with Crippen LogP contribution in [0.3, 0.4) is 0 Å². The largest absolute Gasteiger partial charge is 0.464 e. The van der Waals surface area contributed by atoms with Crippen molar-refractivity contribution in [1.82, 2.24) is 4.98 Å². The van der Waals surface area contributed by atoms with Crippen LogP contribution < -0.4 is 0 Å². The van der Waals surface area contributed by atoms with Crippen LogP contribution in [-0.4, -0.2) is 4.98 Å². The molecule has 0 aliphatic heterocycles. The average molecular weight is 388 g/mol. The fraction of sp³-hybridized carbons (Fsp3) is 0.500. The summed E-state index contributed by atoms with van der Waals surface area (Å²) >= 11 is 1.94. The van der Waals surface area contributed by atoms with Gasteiger partial charge in [-0.3, -0.25) is 0 Å². The minimum absolute atomic E-state index is 0. The third kappa shape index (κ3) is 2.80. The Kier molecular flexibility index (Phi) is 4.87. The number of aromatic nitrogens is 1. The van der Waals surface area contributed by atoms with Crippen LogP contribution in [0.1, 0.15) is 54.8 Å². The van der Waals surface area contributed by atoms with Gasteiger partial charge in [0.2, 0.25) is 0 Å². The number of thiophene rings is 1. The summed E-state index contributed by atoms with van der Waals surface area (Å²) in [7, 11) is 0. The Labute approximate surface area is 165 Å². The van der Waals surface area contributed by atoms with Crippen LogP contribution in [0.4, 0.5) is 0 Å². The molecule has 5 rings (SSSR count). The van der Waals surface area contributed by atoms with Gasteiger partial charge in [-0.25, -0.2) is 4.98 Å². The number of halogens is 1. The highest BCUT2D eigenvalue weighted by Gasteiger charge is 2.29. The molecule has 2 aliphatic carbocycles. The van der Waals surface area contributed by atoms with Crippen LogP contribution in [0.15, 0.2) is 22.8 Å². The zero-order valence-electron chi connectivity index (χ0n) is 15.5. The predicted molar refractivity (Wildman–Crippen MR) is 112 cm³/mol. The van der Waals surface area contributed by atoms with Gasteiger partial charge >= 0.3 is 0 Å². The van der Waals surface area contributed by atoms with Gasteiger partial charge in [-0.15, -0.1) is 23.7 Å². The maximum atomic E-state index is 5.92. The summed E-state index contributed by atoms with van der Waals surface area (Å²) in [5, 5.41) is 1.41. The lowest BCUT2D eigenvalue weighted by molar-refractivity contribution is 0.440. The van der Waals surface area contributed by atoms with Crippen molar-refractivity contribution in [2.24, 2.45) is 11.8 Å². The summed E-state index contributed by atoms with van der Waals surface area (Å²) < 4.78 is 5.92. The molecule has 2 unspecified atom stereocenters. The molecule has 0 saturated heterocycles. The van der Waals surface area contributed by atoms with Crippen LogP contribution in [0.25, 0.3) is 21.5 Å². The van der Waals surface area contributed by atoms with Gasteiger partial charge in [0.15, 0.2) is 0 Å². The van der Waals surface area contributed by atoms with E-state index in [0.29, 0.717) is 0 Å². The maximum absolute atomic E-state index is 5.92. The lowest BCUT2D eigenvalue weighted by Gasteiger charge is -2.25. The van der Waals surface area contributed by atoms with Crippen molar-refractivity contribution in [1.29, 1.82) is 0 Å². The van der Waals surface area contributed by atoms with E-state index in [1.165, 1.54) is 59.1 Å². The molecule has 26 heavy (non-hydrogen) atoms. The first-order valence-electron chi connectivity index (χ1n) is 9.74. The third-order valence-corrected chi connectivity index (χ3v) is 7.41. The predicted octanol–water partition coefficient (Wildman–Crippen LogP) is 6.62. The Morgan fingerprint density at radius 2 is 2.08 bits per heavy atom. The maximum Gasteiger partial charge on any atom is 0.134 e. The van der Waals surface area contributed by atoms with Crippen LogP contribution in [0.2, 0.25) is 0 Å². The molecule has 0 amide bonds. The van der Waals surface area contributed by atoms with E-state index in [0.717, 1.165) is 30.4 Å². The molecule has 3 aromatic rings. The highest BCUT2D eigenvalue weighted by atomic mass is 35.5. The topological polar surface area (TPSA) is 26.0 Å². The number of hydrogen-bond donors (Lipinski definition) is 0. The SMILES string of the molecule is CCC1CCc2nc3sc4c(c3c(-c3ccco3)c2C1)CCC(C)C4.Cl. The summed E-state index contributed by atoms with van der Waals surface area (Å²) in [6.45, 7) is 4.70. The molecule has 4 heteroatoms. The van der Waals surface area contributed by atoms with Crippen LogP contribution in [0, 0.1) is 11.8 Å². The van der Waals surface area contributed by atoms with E-state index in [2.05, 4.69) is 19.9 Å². The van der Waals surface area contributed by atoms with Crippen LogP contribution >= 0.6 is 23.7 Å². The Hall–Kier alpha value is -1.32. The first kappa shape index (κ1) is 18.1. The van der Waals surface area contributed by atoms with Crippen molar-refractivity contribution in [3.05, 3.63) is 40.1 Å². The molecule has 0 bridgehead atoms. The number of furan rings is 1. The zero-order chi connectivity index (χ0) is 17.0. The first-order chi connectivity index (χ1) is 12.2. The van der Waals surface area contributed by atoms with Gasteiger partial charge in [0.1, 0.15) is 10.6 Å². The van der Waals surface area contributed by atoms with E-state index in [4.69, 9.17) is 9.40 Å². The van der Waals surface area contributed by atoms with E-state index >= 15 is 0 Å². The van der Waals surface area contributed by atoms with Crippen molar-refractivity contribution in [2.75, 3.05) is 0 Å². The molecule has 2 nitrogen and oxygen atoms in total. The fourth-order valence-electron chi connectivity index (χ4n) is 4.76. The van der Waals surface area contributed by atoms with Gasteiger partial charge in [0, 0.05) is 21.5 Å². The smallest absolute Gasteiger partial charge is 0.134 e. The summed E-state index contributed by atoms with van der Waals surface area (Å²) in [5.74, 6) is 2.63. The standard InChI is InChI=1S/C22H25NOS.ClH/c1-3-14-7-9-17-16(12-14)20(18-5-4-10-24-18)21-15-8-6-13(2)11-19(15)25-22(21)23-17;/h4-5,10,13-14H,3,6-9,11-12H2,1-2H3;1H. The monoisotopic (exact) mass is 387 g/mol. The lowest BCUT2D eigenvalue weighted by Crippen LogP contribution is -2.16. The summed E-state index contributed by atoms with van der Waals surface area (Å²) in [6, 6.07) is 4.16. The van der Waals surface area contributed by atoms with Crippen LogP contribution in [0.5, 0.6) is 0 Å². The molecule has 2 atom stereocenters. The highest BCUT2D eigenvalue weighted by molar-refractivity contribution is 7.19. The zero-order valence-corrected chi connectivity index (χ0v) is 17.1. The van der Waals surface area contributed by atoms with Gasteiger partial charge in [-0.2, -0.15) is 0 Å². The van der Waals surface area contributed by atoms with Gasteiger partial charge in [0.25, 0.3) is 0 Å². The second-order valence-corrected chi connectivity index (χ2v) is 9.02. The normalized spacial score (nSPS) is 21.9. The molecule has 3 heterocycles. The summed E-state index contributed by atoms with van der Waals surface area (Å²) in [4.78, 5) is 7.98. The van der Waals surface area contributed by atoms with Crippen molar-refractivity contribution >= 4 is 34.0 Å². The van der Waals surface area contributed by atoms with Gasteiger partial charge in [-0.1, -0.05) is 20.3 Å². The Morgan fingerprint density at radius 1 is 1.19 bits per heavy atom. The van der Waals surface area contributed by atoms with Gasteiger partial charge in [-0.05, 0) is 73.6 Å². The quantitative estimate of drug-likeness (QED) is 0.494. The number of fused-ring (bicyclic) bond motifs is 4. The second kappa shape index (κ2) is 7.01. The second-order valence-electron chi connectivity index (χ2n) is 7.94. The molecule has 0 fully saturated rings. The molecule has 3 aromatic heterocycles. The minimum Gasteiger partial charge on any atom is -0.464 e. The third-order valence-electron chi connectivity index (χ3n) is 6.26. The first-order valence-corrected chi connectivity index (χ1v) is 10.6. The molecule has 0 radical (unpaired) electrons. The highest BCUT2D eigenvalue weighted by Crippen LogP contribution is 2.46. The number of rotatable bonds is 2. The summed E-state index contributed by atoms with van der Waals surface area (Å²) in [6.07, 6.45) is 10.3. The van der Waals surface area contributed by atoms with Crippen LogP contribution in [-0.2, 0) is 25.7 Å². The van der Waals surface area contributed by atoms with Crippen molar-refractivity contribution in [3.63, 3.8) is 0 Å². The number of hydrogen-bond acceptors (Lipinski definition) is 3. The average Bonchev–Trinajstić information content (AvgIpc) is 3.26. The van der Waals surface area contributed by atoms with Gasteiger partial charge < -0.3 is 4.42 Å². The lowest BCUT2D eigenvalue weighted by atomic mass is 9.80. The van der Waals surface area contributed by atoms with Crippen molar-refractivity contribution < 1.29 is 4.42 Å². The molecule has 138 valence electrons. The molecule has 0 aromatic carbocycles. The van der Waals surface area contributed by atoms with E-state index in [1.807, 2.05) is 23.7 Å². The molecule has 0 N–H and O–H groups in total. The minimum atomic E-state index is 0. The van der Waals surface area contributed by atoms with E-state index in [-0.39, 0.29) is 12.4 Å². The Morgan fingerprint density at radius 3 is 2.85 bits per heavy atom. The van der Waals surface area contributed by atoms with E-state index in [1.54, 1.807) is 10.4 Å². The molecule has 0 spiro atoms. The van der Waals surface area contributed by atoms with Crippen molar-refractivity contribution in [2.45, 2.75) is 58.8 Å². The van der Waals surface area contributed by atoms with Crippen molar-refractivity contribution in [3.8, 4) is 11.3 Å². The molecule has 2 aliphatic rings. The number of nitrogens with zero attached hydrogens (tertiary/aromatic N) is 1. The number of aryl methyl sites for hydroxylation is 2. The summed E-state index contributed by atoms with van der Waals surface area (Å²) in [5.41, 5.74) is 5.74. The molecule has 0 saturated carbocycles. The molecular weight excluding hydrogens is 362 g/mol. The van der Waals surface area contributed by atoms with E-state index in [9.17, 15) is 0 Å². The van der Waals surface area contributed by atoms with E-state index < -0.39 is 0 Å². The Balaban J connectivity index is 0.00000168.